The van der Waals surface area contributed by atoms with E-state index < -0.39 is 0 Å². The van der Waals surface area contributed by atoms with Gasteiger partial charge in [0.2, 0.25) is 0 Å². The average Bonchev–Trinajstić information content (AvgIpc) is 2.49. The number of likely N-dealkylation sites (tertiary alicyclic amines) is 1. The third-order valence-electron chi connectivity index (χ3n) is 4.08. The van der Waals surface area contributed by atoms with Crippen LogP contribution in [0.15, 0.2) is 24.3 Å². The summed E-state index contributed by atoms with van der Waals surface area (Å²) in [5.41, 5.74) is 2.73. The van der Waals surface area contributed by atoms with E-state index >= 15 is 0 Å². The van der Waals surface area contributed by atoms with Crippen molar-refractivity contribution in [3.63, 3.8) is 0 Å². The largest absolute Gasteiger partial charge is 0.313 e. The molecule has 0 aliphatic carbocycles. The normalized spacial score (nSPS) is 16.4. The molecule has 1 aromatic carbocycles. The number of hydrogen-bond acceptors (Lipinski definition) is 2. The Balaban J connectivity index is 1.44. The Morgan fingerprint density at radius 1 is 1.00 bits per heavy atom. The molecule has 2 rings (SSSR count). The molecule has 2 heteroatoms. The first-order valence-corrected chi connectivity index (χ1v) is 8.15. The fraction of sp³-hybridized carbons (Fsp3) is 0.611. The molecule has 0 bridgehead atoms. The van der Waals surface area contributed by atoms with E-state index in [9.17, 15) is 0 Å². The van der Waals surface area contributed by atoms with Crippen molar-refractivity contribution in [1.82, 2.24) is 10.2 Å². The van der Waals surface area contributed by atoms with Gasteiger partial charge in [-0.2, -0.15) is 0 Å². The maximum atomic E-state index is 3.54. The molecule has 1 N–H and O–H groups in total. The number of nitrogens with one attached hydrogen (secondary N) is 1. The van der Waals surface area contributed by atoms with Crippen LogP contribution in [-0.2, 0) is 6.54 Å². The predicted molar refractivity (Wildman–Crippen MR) is 86.7 cm³/mol. The van der Waals surface area contributed by atoms with E-state index in [-0.39, 0.29) is 0 Å². The quantitative estimate of drug-likeness (QED) is 0.729. The maximum absolute atomic E-state index is 3.54. The van der Waals surface area contributed by atoms with Gasteiger partial charge in [-0.25, -0.2) is 0 Å². The summed E-state index contributed by atoms with van der Waals surface area (Å²) in [4.78, 5) is 2.61. The molecule has 111 valence electrons. The summed E-state index contributed by atoms with van der Waals surface area (Å²) in [7, 11) is 0. The van der Waals surface area contributed by atoms with Crippen LogP contribution >= 0.6 is 0 Å². The second kappa shape index (κ2) is 9.15. The van der Waals surface area contributed by atoms with Crippen molar-refractivity contribution in [1.29, 1.82) is 0 Å². The first-order valence-electron chi connectivity index (χ1n) is 8.15. The van der Waals surface area contributed by atoms with E-state index in [0.717, 1.165) is 13.1 Å². The lowest BCUT2D eigenvalue weighted by Gasteiger charge is -2.26. The average molecular weight is 273 g/mol. The molecule has 2 nitrogen and oxygen atoms in total. The van der Waals surface area contributed by atoms with Gasteiger partial charge in [0.25, 0.3) is 0 Å². The molecule has 1 saturated heterocycles. The fourth-order valence-corrected chi connectivity index (χ4v) is 2.73. The molecule has 0 saturated carbocycles. The van der Waals surface area contributed by atoms with E-state index in [1.807, 2.05) is 0 Å². The number of nitrogens with zero attached hydrogens (tertiary/aromatic N) is 1. The molecule has 1 fully saturated rings. The highest BCUT2D eigenvalue weighted by Gasteiger charge is 2.08. The maximum Gasteiger partial charge on any atom is 0.0205 e. The summed E-state index contributed by atoms with van der Waals surface area (Å²) in [5, 5.41) is 3.54. The second-order valence-electron chi connectivity index (χ2n) is 5.93. The van der Waals surface area contributed by atoms with Gasteiger partial charge in [0, 0.05) is 6.54 Å². The number of benzene rings is 1. The van der Waals surface area contributed by atoms with Gasteiger partial charge in [0.1, 0.15) is 0 Å². The molecular formula is C18H29N2. The lowest BCUT2D eigenvalue weighted by molar-refractivity contribution is 0.248. The molecule has 1 heterocycles. The zero-order valence-corrected chi connectivity index (χ0v) is 12.9. The van der Waals surface area contributed by atoms with E-state index in [1.54, 1.807) is 0 Å². The fourth-order valence-electron chi connectivity index (χ4n) is 2.73. The van der Waals surface area contributed by atoms with Gasteiger partial charge in [-0.1, -0.05) is 36.2 Å². The Bertz CT molecular complexity index is 352. The van der Waals surface area contributed by atoms with Crippen LogP contribution in [0.3, 0.4) is 0 Å². The number of unbranched alkanes of at least 4 members (excludes halogenated alkanes) is 2. The molecule has 1 aliphatic heterocycles. The van der Waals surface area contributed by atoms with Crippen LogP contribution in [0.25, 0.3) is 0 Å². The van der Waals surface area contributed by atoms with Gasteiger partial charge >= 0.3 is 0 Å². The summed E-state index contributed by atoms with van der Waals surface area (Å²) in [6.45, 7) is 8.14. The van der Waals surface area contributed by atoms with Gasteiger partial charge in [0.05, 0.1) is 0 Å². The van der Waals surface area contributed by atoms with Gasteiger partial charge in [-0.15, -0.1) is 0 Å². The Morgan fingerprint density at radius 3 is 2.50 bits per heavy atom. The lowest BCUT2D eigenvalue weighted by Crippen LogP contribution is -2.30. The van der Waals surface area contributed by atoms with Gasteiger partial charge in [-0.3, -0.25) is 0 Å². The van der Waals surface area contributed by atoms with Crippen LogP contribution < -0.4 is 5.32 Å². The number of hydrogen-bond donors (Lipinski definition) is 1. The Kier molecular flexibility index (Phi) is 7.10. The standard InChI is InChI=1S/C18H29N2/c1-17-8-10-18(11-9-17)16-19-12-4-2-5-13-20-14-6-3-7-15-20/h3,8-11,19H,2,4-7,12-16H2,1H3. The van der Waals surface area contributed by atoms with Crippen LogP contribution in [-0.4, -0.2) is 31.1 Å². The topological polar surface area (TPSA) is 15.3 Å². The smallest absolute Gasteiger partial charge is 0.0205 e. The molecule has 0 unspecified atom stereocenters. The van der Waals surface area contributed by atoms with Crippen LogP contribution in [0.2, 0.25) is 0 Å². The monoisotopic (exact) mass is 273 g/mol. The lowest BCUT2D eigenvalue weighted by atomic mass is 10.1. The summed E-state index contributed by atoms with van der Waals surface area (Å²) < 4.78 is 0. The molecule has 0 spiro atoms. The van der Waals surface area contributed by atoms with Gasteiger partial charge in [-0.05, 0) is 70.8 Å². The molecule has 0 aromatic heterocycles. The summed E-state index contributed by atoms with van der Waals surface area (Å²) in [5.74, 6) is 0. The Hall–Kier alpha value is -0.860. The van der Waals surface area contributed by atoms with Crippen molar-refractivity contribution in [3.05, 3.63) is 41.8 Å². The second-order valence-corrected chi connectivity index (χ2v) is 5.93. The van der Waals surface area contributed by atoms with E-state index in [2.05, 4.69) is 47.8 Å². The van der Waals surface area contributed by atoms with Crippen LogP contribution in [0.4, 0.5) is 0 Å². The number of aryl methyl sites for hydroxylation is 1. The Morgan fingerprint density at radius 2 is 1.75 bits per heavy atom. The van der Waals surface area contributed by atoms with E-state index in [4.69, 9.17) is 0 Å². The number of piperidine rings is 1. The minimum absolute atomic E-state index is 1.00. The van der Waals surface area contributed by atoms with Crippen molar-refractivity contribution in [2.75, 3.05) is 26.2 Å². The SMILES string of the molecule is Cc1ccc(CNCCCCCN2CC[CH]CC2)cc1. The Labute approximate surface area is 124 Å². The zero-order valence-electron chi connectivity index (χ0n) is 12.9. The molecule has 1 aromatic rings. The van der Waals surface area contributed by atoms with Crippen molar-refractivity contribution in [3.8, 4) is 0 Å². The van der Waals surface area contributed by atoms with Crippen LogP contribution in [0, 0.1) is 13.3 Å². The number of rotatable bonds is 8. The van der Waals surface area contributed by atoms with Gasteiger partial charge in [0.15, 0.2) is 0 Å². The van der Waals surface area contributed by atoms with Crippen molar-refractivity contribution in [2.24, 2.45) is 0 Å². The highest BCUT2D eigenvalue weighted by Crippen LogP contribution is 2.09. The first-order chi connectivity index (χ1) is 9.84. The third kappa shape index (κ3) is 6.06. The van der Waals surface area contributed by atoms with E-state index in [0.29, 0.717) is 0 Å². The summed E-state index contributed by atoms with van der Waals surface area (Å²) >= 11 is 0. The molecule has 1 radical (unpaired) electrons. The van der Waals surface area contributed by atoms with Gasteiger partial charge < -0.3 is 10.2 Å². The summed E-state index contributed by atoms with van der Waals surface area (Å²) in [6, 6.07) is 8.81. The van der Waals surface area contributed by atoms with Crippen molar-refractivity contribution in [2.45, 2.75) is 45.6 Å². The highest BCUT2D eigenvalue weighted by molar-refractivity contribution is 5.20. The molecule has 20 heavy (non-hydrogen) atoms. The van der Waals surface area contributed by atoms with Crippen molar-refractivity contribution < 1.29 is 0 Å². The third-order valence-corrected chi connectivity index (χ3v) is 4.08. The zero-order chi connectivity index (χ0) is 14.0. The molecule has 0 amide bonds. The molecule has 1 aliphatic rings. The predicted octanol–water partition coefficient (Wildman–Crippen LogP) is 3.56. The first kappa shape index (κ1) is 15.5. The van der Waals surface area contributed by atoms with Crippen LogP contribution in [0.1, 0.15) is 43.2 Å². The molecule has 0 atom stereocenters. The van der Waals surface area contributed by atoms with E-state index in [1.165, 1.54) is 62.9 Å². The van der Waals surface area contributed by atoms with Crippen molar-refractivity contribution >= 4 is 0 Å². The summed E-state index contributed by atoms with van der Waals surface area (Å²) in [6.07, 6.45) is 9.00. The molecular weight excluding hydrogens is 244 g/mol. The minimum atomic E-state index is 1.00. The van der Waals surface area contributed by atoms with Crippen LogP contribution in [0.5, 0.6) is 0 Å². The highest BCUT2D eigenvalue weighted by atomic mass is 15.1. The minimum Gasteiger partial charge on any atom is -0.313 e.